The minimum Gasteiger partial charge on any atom is -0.461 e. The number of carbonyl (C=O) groups excluding carboxylic acids is 4. The summed E-state index contributed by atoms with van der Waals surface area (Å²) in [5, 5.41) is 22.5. The predicted molar refractivity (Wildman–Crippen MR) is 158 cm³/mol. The molecule has 2 N–H and O–H groups in total. The molecule has 3 fully saturated rings. The Morgan fingerprint density at radius 3 is 2.27 bits per heavy atom. The molecule has 12 nitrogen and oxygen atoms in total. The Hall–Kier alpha value is -2.12. The summed E-state index contributed by atoms with van der Waals surface area (Å²) in [4.78, 5) is 53.6. The molecule has 252 valence electrons. The standard InChI is InChI=1S/C32H53NO11/c1-16-13-31(7,14-34)26(42-29-22(11-17(2)35)23(33(9)10)12-18(3)41-29)20(5)25(37)21(6)28(38)40-15-32(8)27(19(4)24(16)36)43-30(39)44-32/h16,18-23,25-27,29,34,37H,11-15H2,1-10H3/t16-,18-,19+,20+,21-,22-,23+,25+,26-,27-,29?,31+,32-/m1/s1. The molecule has 3 rings (SSSR count). The van der Waals surface area contributed by atoms with Gasteiger partial charge >= 0.3 is 12.1 Å². The first-order chi connectivity index (χ1) is 20.3. The van der Waals surface area contributed by atoms with Gasteiger partial charge in [0.1, 0.15) is 18.2 Å². The Morgan fingerprint density at radius 1 is 1.07 bits per heavy atom. The number of aliphatic hydroxyl groups is 2. The zero-order chi connectivity index (χ0) is 33.3. The van der Waals surface area contributed by atoms with Crippen LogP contribution in [-0.2, 0) is 38.1 Å². The molecule has 3 aliphatic rings. The third-order valence-corrected chi connectivity index (χ3v) is 10.0. The van der Waals surface area contributed by atoms with Gasteiger partial charge in [-0.2, -0.15) is 0 Å². The molecule has 0 aromatic carbocycles. The SMILES string of the molecule is CC(=O)C[C@H]1C(O[C@@H]2[C@@H](C)[C@H](O)[C@@H](C)C(=O)OC[C@@]3(C)OC(=O)O[C@@H]3[C@@H](C)C(=O)[C@H](C)C[C@@]2(C)CO)O[C@H](C)C[C@@H]1N(C)C. The van der Waals surface area contributed by atoms with Crippen LogP contribution in [0, 0.1) is 35.0 Å². The second kappa shape index (κ2) is 14.1. The van der Waals surface area contributed by atoms with E-state index >= 15 is 0 Å². The zero-order valence-electron chi connectivity index (χ0n) is 27.9. The van der Waals surface area contributed by atoms with E-state index in [1.165, 1.54) is 13.8 Å². The van der Waals surface area contributed by atoms with Crippen LogP contribution >= 0.6 is 0 Å². The van der Waals surface area contributed by atoms with Crippen LogP contribution in [0.15, 0.2) is 0 Å². The maximum Gasteiger partial charge on any atom is 0.509 e. The number of Topliss-reactive ketones (excluding diaryl/α,β-unsaturated/α-hetero) is 2. The largest absolute Gasteiger partial charge is 0.509 e. The first-order valence-corrected chi connectivity index (χ1v) is 15.7. The molecule has 0 aromatic heterocycles. The zero-order valence-corrected chi connectivity index (χ0v) is 27.9. The van der Waals surface area contributed by atoms with Gasteiger partial charge in [0.2, 0.25) is 0 Å². The fourth-order valence-electron chi connectivity index (χ4n) is 7.47. The molecule has 12 heteroatoms. The molecule has 0 aromatic rings. The molecule has 0 aliphatic carbocycles. The monoisotopic (exact) mass is 627 g/mol. The lowest BCUT2D eigenvalue weighted by atomic mass is 9.69. The number of esters is 1. The maximum absolute atomic E-state index is 13.8. The van der Waals surface area contributed by atoms with E-state index in [0.717, 1.165) is 0 Å². The number of carbonyl (C=O) groups is 4. The van der Waals surface area contributed by atoms with E-state index in [2.05, 4.69) is 0 Å². The normalized spacial score (nSPS) is 44.3. The van der Waals surface area contributed by atoms with E-state index in [4.69, 9.17) is 23.7 Å². The topological polar surface area (TPSA) is 158 Å². The number of fused-ring (bicyclic) bond motifs is 1. The van der Waals surface area contributed by atoms with Gasteiger partial charge in [0, 0.05) is 35.6 Å². The minimum absolute atomic E-state index is 0.0224. The fourth-order valence-corrected chi connectivity index (χ4v) is 7.47. The van der Waals surface area contributed by atoms with Crippen molar-refractivity contribution in [2.75, 3.05) is 27.3 Å². The highest BCUT2D eigenvalue weighted by atomic mass is 16.8. The van der Waals surface area contributed by atoms with Crippen molar-refractivity contribution in [2.24, 2.45) is 35.0 Å². The number of hydrogen-bond acceptors (Lipinski definition) is 12. The van der Waals surface area contributed by atoms with Gasteiger partial charge in [-0.25, -0.2) is 4.79 Å². The lowest BCUT2D eigenvalue weighted by Gasteiger charge is -2.49. The summed E-state index contributed by atoms with van der Waals surface area (Å²) < 4.78 is 29.4. The maximum atomic E-state index is 13.8. The average Bonchev–Trinajstić information content (AvgIpc) is 3.26. The van der Waals surface area contributed by atoms with Gasteiger partial charge in [-0.05, 0) is 54.6 Å². The van der Waals surface area contributed by atoms with E-state index in [1.54, 1.807) is 34.6 Å². The van der Waals surface area contributed by atoms with Crippen molar-refractivity contribution in [3.05, 3.63) is 0 Å². The molecule has 0 saturated carbocycles. The van der Waals surface area contributed by atoms with Gasteiger partial charge in [-0.3, -0.25) is 9.59 Å². The molecule has 0 amide bonds. The summed E-state index contributed by atoms with van der Waals surface area (Å²) >= 11 is 0. The molecular formula is C32H53NO11. The van der Waals surface area contributed by atoms with Crippen molar-refractivity contribution >= 4 is 23.7 Å². The quantitative estimate of drug-likeness (QED) is 0.416. The third-order valence-electron chi connectivity index (χ3n) is 10.0. The number of hydrogen-bond donors (Lipinski definition) is 2. The van der Waals surface area contributed by atoms with E-state index in [0.29, 0.717) is 6.42 Å². The Morgan fingerprint density at radius 2 is 1.70 bits per heavy atom. The summed E-state index contributed by atoms with van der Waals surface area (Å²) in [6.45, 7) is 12.7. The number of rotatable bonds is 6. The number of ketones is 2. The second-order valence-corrected chi connectivity index (χ2v) is 14.3. The summed E-state index contributed by atoms with van der Waals surface area (Å²) in [6.07, 6.45) is -4.18. The van der Waals surface area contributed by atoms with Crippen molar-refractivity contribution in [1.82, 2.24) is 4.90 Å². The molecule has 1 unspecified atom stereocenters. The first-order valence-electron chi connectivity index (χ1n) is 15.7. The number of ether oxygens (including phenoxy) is 5. The Bertz CT molecular complexity index is 1070. The molecule has 13 atom stereocenters. The van der Waals surface area contributed by atoms with Crippen molar-refractivity contribution < 1.29 is 53.1 Å². The van der Waals surface area contributed by atoms with Gasteiger partial charge in [0.25, 0.3) is 0 Å². The molecule has 0 radical (unpaired) electrons. The molecular weight excluding hydrogens is 574 g/mol. The van der Waals surface area contributed by atoms with Crippen LogP contribution in [0.2, 0.25) is 0 Å². The van der Waals surface area contributed by atoms with Crippen molar-refractivity contribution in [1.29, 1.82) is 0 Å². The molecule has 0 bridgehead atoms. The van der Waals surface area contributed by atoms with Crippen LogP contribution < -0.4 is 0 Å². The first kappa shape index (κ1) is 36.3. The fraction of sp³-hybridized carbons (Fsp3) is 0.875. The Labute approximate surface area is 261 Å². The predicted octanol–water partition coefficient (Wildman–Crippen LogP) is 2.75. The lowest BCUT2D eigenvalue weighted by molar-refractivity contribution is -0.281. The highest BCUT2D eigenvalue weighted by Gasteiger charge is 2.55. The smallest absolute Gasteiger partial charge is 0.461 e. The van der Waals surface area contributed by atoms with E-state index in [-0.39, 0.29) is 49.1 Å². The lowest BCUT2D eigenvalue weighted by Crippen LogP contribution is -2.56. The third kappa shape index (κ3) is 7.63. The highest BCUT2D eigenvalue weighted by molar-refractivity contribution is 5.84. The average molecular weight is 628 g/mol. The van der Waals surface area contributed by atoms with Crippen LogP contribution in [0.3, 0.4) is 0 Å². The molecule has 0 spiro atoms. The summed E-state index contributed by atoms with van der Waals surface area (Å²) in [6, 6.07) is -0.0346. The van der Waals surface area contributed by atoms with Gasteiger partial charge in [0.15, 0.2) is 18.0 Å². The van der Waals surface area contributed by atoms with Gasteiger partial charge < -0.3 is 43.6 Å². The van der Waals surface area contributed by atoms with Crippen LogP contribution in [0.5, 0.6) is 0 Å². The van der Waals surface area contributed by atoms with Gasteiger partial charge in [-0.1, -0.05) is 27.7 Å². The summed E-state index contributed by atoms with van der Waals surface area (Å²) in [7, 11) is 3.88. The number of cyclic esters (lactones) is 1. The van der Waals surface area contributed by atoms with Crippen LogP contribution in [0.4, 0.5) is 4.79 Å². The Kier molecular flexibility index (Phi) is 11.7. The summed E-state index contributed by atoms with van der Waals surface area (Å²) in [5.41, 5.74) is -2.51. The van der Waals surface area contributed by atoms with E-state index in [1.807, 2.05) is 25.9 Å². The van der Waals surface area contributed by atoms with Crippen molar-refractivity contribution in [2.45, 2.75) is 117 Å². The molecule has 3 heterocycles. The van der Waals surface area contributed by atoms with E-state index in [9.17, 15) is 29.4 Å². The molecule has 3 aliphatic heterocycles. The van der Waals surface area contributed by atoms with Crippen LogP contribution in [-0.4, -0.2) is 108 Å². The van der Waals surface area contributed by atoms with E-state index < -0.39 is 78.0 Å². The number of nitrogens with zero attached hydrogens (tertiary/aromatic N) is 1. The Balaban J connectivity index is 2.07. The second-order valence-electron chi connectivity index (χ2n) is 14.3. The summed E-state index contributed by atoms with van der Waals surface area (Å²) in [5.74, 6) is -4.52. The molecule has 3 saturated heterocycles. The van der Waals surface area contributed by atoms with Crippen molar-refractivity contribution in [3.63, 3.8) is 0 Å². The van der Waals surface area contributed by atoms with Crippen molar-refractivity contribution in [3.8, 4) is 0 Å². The van der Waals surface area contributed by atoms with Gasteiger partial charge in [-0.15, -0.1) is 0 Å². The van der Waals surface area contributed by atoms with Gasteiger partial charge in [0.05, 0.1) is 36.8 Å². The number of aliphatic hydroxyl groups excluding tert-OH is 2. The van der Waals surface area contributed by atoms with Crippen LogP contribution in [0.25, 0.3) is 0 Å². The van der Waals surface area contributed by atoms with Crippen LogP contribution in [0.1, 0.15) is 74.7 Å². The molecule has 44 heavy (non-hydrogen) atoms. The minimum atomic E-state index is -1.41. The highest BCUT2D eigenvalue weighted by Crippen LogP contribution is 2.43.